The van der Waals surface area contributed by atoms with Gasteiger partial charge >= 0.3 is 6.03 Å². The highest BCUT2D eigenvalue weighted by molar-refractivity contribution is 5.73. The summed E-state index contributed by atoms with van der Waals surface area (Å²) in [6, 6.07) is 0.346. The van der Waals surface area contributed by atoms with Crippen LogP contribution in [0.15, 0.2) is 0 Å². The predicted molar refractivity (Wildman–Crippen MR) is 44.4 cm³/mol. The van der Waals surface area contributed by atoms with Crippen molar-refractivity contribution in [2.45, 2.75) is 32.2 Å². The lowest BCUT2D eigenvalue weighted by molar-refractivity contribution is 0.236. The quantitative estimate of drug-likeness (QED) is 0.586. The molecule has 0 aromatic rings. The first-order valence-corrected chi connectivity index (χ1v) is 4.22. The summed E-state index contributed by atoms with van der Waals surface area (Å²) in [5, 5.41) is 5.49. The van der Waals surface area contributed by atoms with E-state index >= 15 is 0 Å². The standard InChI is InChI=1S/C8H16N2O/c1-6-4-3-5-7(6)10-8(11)9-2/h6-7H,3-5H2,1-2H3,(H2,9,10,11). The normalized spacial score (nSPS) is 30.0. The fourth-order valence-corrected chi connectivity index (χ4v) is 1.60. The summed E-state index contributed by atoms with van der Waals surface area (Å²) >= 11 is 0. The lowest BCUT2D eigenvalue weighted by Gasteiger charge is -2.16. The summed E-state index contributed by atoms with van der Waals surface area (Å²) in [5.41, 5.74) is 0. The summed E-state index contributed by atoms with van der Waals surface area (Å²) in [6.07, 6.45) is 3.62. The molecule has 1 aliphatic carbocycles. The van der Waals surface area contributed by atoms with Crippen molar-refractivity contribution in [2.75, 3.05) is 7.05 Å². The second kappa shape index (κ2) is 3.60. The minimum atomic E-state index is -0.0521. The van der Waals surface area contributed by atoms with Gasteiger partial charge in [-0.3, -0.25) is 0 Å². The number of carbonyl (C=O) groups is 1. The minimum Gasteiger partial charge on any atom is -0.341 e. The Bertz CT molecular complexity index is 147. The number of nitrogens with one attached hydrogen (secondary N) is 2. The number of rotatable bonds is 1. The molecule has 0 aromatic heterocycles. The molecule has 2 atom stereocenters. The zero-order chi connectivity index (χ0) is 8.27. The van der Waals surface area contributed by atoms with Gasteiger partial charge in [-0.2, -0.15) is 0 Å². The van der Waals surface area contributed by atoms with E-state index in [2.05, 4.69) is 17.6 Å². The van der Waals surface area contributed by atoms with Crippen molar-refractivity contribution in [1.29, 1.82) is 0 Å². The number of hydrogen-bond donors (Lipinski definition) is 2. The van der Waals surface area contributed by atoms with Crippen LogP contribution < -0.4 is 10.6 Å². The molecule has 0 radical (unpaired) electrons. The van der Waals surface area contributed by atoms with Gasteiger partial charge in [0.05, 0.1) is 0 Å². The molecule has 0 bridgehead atoms. The summed E-state index contributed by atoms with van der Waals surface area (Å²) in [5.74, 6) is 0.646. The SMILES string of the molecule is CNC(=O)NC1CCCC1C. The maximum Gasteiger partial charge on any atom is 0.314 e. The number of hydrogen-bond acceptors (Lipinski definition) is 1. The topological polar surface area (TPSA) is 41.1 Å². The average Bonchev–Trinajstić information content (AvgIpc) is 2.37. The molecule has 0 saturated heterocycles. The van der Waals surface area contributed by atoms with E-state index in [1.54, 1.807) is 7.05 Å². The van der Waals surface area contributed by atoms with Crippen LogP contribution in [-0.4, -0.2) is 19.1 Å². The summed E-state index contributed by atoms with van der Waals surface area (Å²) in [7, 11) is 1.65. The number of carbonyl (C=O) groups excluding carboxylic acids is 1. The van der Waals surface area contributed by atoms with Crippen LogP contribution in [0.25, 0.3) is 0 Å². The maximum atomic E-state index is 10.9. The van der Waals surface area contributed by atoms with Crippen LogP contribution in [0.5, 0.6) is 0 Å². The van der Waals surface area contributed by atoms with E-state index in [-0.39, 0.29) is 6.03 Å². The highest BCUT2D eigenvalue weighted by Crippen LogP contribution is 2.24. The fourth-order valence-electron chi connectivity index (χ4n) is 1.60. The van der Waals surface area contributed by atoms with Crippen molar-refractivity contribution in [3.05, 3.63) is 0 Å². The van der Waals surface area contributed by atoms with Crippen molar-refractivity contribution >= 4 is 6.03 Å². The Balaban J connectivity index is 2.30. The first-order chi connectivity index (χ1) is 5.24. The van der Waals surface area contributed by atoms with Crippen LogP contribution in [0, 0.1) is 5.92 Å². The molecule has 1 saturated carbocycles. The van der Waals surface area contributed by atoms with Gasteiger partial charge in [0.15, 0.2) is 0 Å². The molecule has 0 spiro atoms. The molecular formula is C8H16N2O. The van der Waals surface area contributed by atoms with E-state index in [0.29, 0.717) is 12.0 Å². The van der Waals surface area contributed by atoms with Crippen LogP contribution >= 0.6 is 0 Å². The summed E-state index contributed by atoms with van der Waals surface area (Å²) in [4.78, 5) is 10.9. The van der Waals surface area contributed by atoms with Crippen LogP contribution in [0.1, 0.15) is 26.2 Å². The van der Waals surface area contributed by atoms with Crippen molar-refractivity contribution in [3.63, 3.8) is 0 Å². The highest BCUT2D eigenvalue weighted by Gasteiger charge is 2.23. The molecule has 1 aliphatic rings. The third-order valence-electron chi connectivity index (χ3n) is 2.41. The van der Waals surface area contributed by atoms with Gasteiger partial charge in [0.25, 0.3) is 0 Å². The van der Waals surface area contributed by atoms with Gasteiger partial charge < -0.3 is 10.6 Å². The lowest BCUT2D eigenvalue weighted by Crippen LogP contribution is -2.41. The predicted octanol–water partition coefficient (Wildman–Crippen LogP) is 1.10. The molecule has 3 heteroatoms. The smallest absolute Gasteiger partial charge is 0.314 e. The monoisotopic (exact) mass is 156 g/mol. The Morgan fingerprint density at radius 3 is 2.64 bits per heavy atom. The number of urea groups is 1. The summed E-state index contributed by atoms with van der Waals surface area (Å²) in [6.45, 7) is 2.19. The van der Waals surface area contributed by atoms with Gasteiger partial charge in [-0.1, -0.05) is 13.3 Å². The Morgan fingerprint density at radius 2 is 2.18 bits per heavy atom. The van der Waals surface area contributed by atoms with Gasteiger partial charge in [0.1, 0.15) is 0 Å². The van der Waals surface area contributed by atoms with E-state index in [9.17, 15) is 4.79 Å². The largest absolute Gasteiger partial charge is 0.341 e. The molecule has 1 rings (SSSR count). The van der Waals surface area contributed by atoms with Crippen molar-refractivity contribution < 1.29 is 4.79 Å². The molecule has 0 aliphatic heterocycles. The van der Waals surface area contributed by atoms with Gasteiger partial charge in [0.2, 0.25) is 0 Å². The van der Waals surface area contributed by atoms with Crippen molar-refractivity contribution in [1.82, 2.24) is 10.6 Å². The zero-order valence-electron chi connectivity index (χ0n) is 7.18. The Labute approximate surface area is 67.5 Å². The molecular weight excluding hydrogens is 140 g/mol. The van der Waals surface area contributed by atoms with E-state index < -0.39 is 0 Å². The zero-order valence-corrected chi connectivity index (χ0v) is 7.18. The van der Waals surface area contributed by atoms with Gasteiger partial charge in [-0.05, 0) is 18.8 Å². The van der Waals surface area contributed by atoms with E-state index in [0.717, 1.165) is 6.42 Å². The number of amides is 2. The molecule has 3 nitrogen and oxygen atoms in total. The molecule has 2 N–H and O–H groups in total. The van der Waals surface area contributed by atoms with E-state index in [4.69, 9.17) is 0 Å². The maximum absolute atomic E-state index is 10.9. The highest BCUT2D eigenvalue weighted by atomic mass is 16.2. The molecule has 0 heterocycles. The van der Waals surface area contributed by atoms with Crippen LogP contribution in [0.2, 0.25) is 0 Å². The molecule has 1 fully saturated rings. The molecule has 64 valence electrons. The molecule has 2 unspecified atom stereocenters. The minimum absolute atomic E-state index is 0.0521. The molecule has 2 amide bonds. The first-order valence-electron chi connectivity index (χ1n) is 4.22. The third kappa shape index (κ3) is 2.10. The van der Waals surface area contributed by atoms with E-state index in [1.807, 2.05) is 0 Å². The Hall–Kier alpha value is -0.730. The average molecular weight is 156 g/mol. The van der Waals surface area contributed by atoms with Crippen LogP contribution in [0.4, 0.5) is 4.79 Å². The van der Waals surface area contributed by atoms with Crippen LogP contribution in [-0.2, 0) is 0 Å². The Morgan fingerprint density at radius 1 is 1.45 bits per heavy atom. The molecule has 11 heavy (non-hydrogen) atoms. The lowest BCUT2D eigenvalue weighted by atomic mass is 10.1. The molecule has 0 aromatic carbocycles. The van der Waals surface area contributed by atoms with Gasteiger partial charge in [0, 0.05) is 13.1 Å². The van der Waals surface area contributed by atoms with Gasteiger partial charge in [-0.25, -0.2) is 4.79 Å². The fraction of sp³-hybridized carbons (Fsp3) is 0.875. The van der Waals surface area contributed by atoms with Crippen molar-refractivity contribution in [2.24, 2.45) is 5.92 Å². The summed E-state index contributed by atoms with van der Waals surface area (Å²) < 4.78 is 0. The first kappa shape index (κ1) is 8.37. The van der Waals surface area contributed by atoms with E-state index in [1.165, 1.54) is 12.8 Å². The van der Waals surface area contributed by atoms with Crippen molar-refractivity contribution in [3.8, 4) is 0 Å². The third-order valence-corrected chi connectivity index (χ3v) is 2.41. The van der Waals surface area contributed by atoms with Gasteiger partial charge in [-0.15, -0.1) is 0 Å². The van der Waals surface area contributed by atoms with Crippen LogP contribution in [0.3, 0.4) is 0 Å². The second-order valence-corrected chi connectivity index (χ2v) is 3.24. The second-order valence-electron chi connectivity index (χ2n) is 3.24. The Kier molecular flexibility index (Phi) is 2.74.